The van der Waals surface area contributed by atoms with E-state index in [0.717, 1.165) is 49.9 Å². The molecular weight excluding hydrogens is 603 g/mol. The summed E-state index contributed by atoms with van der Waals surface area (Å²) >= 11 is 0. The van der Waals surface area contributed by atoms with Gasteiger partial charge in [-0.3, -0.25) is 14.5 Å². The third kappa shape index (κ3) is 7.78. The number of benzene rings is 2. The largest absolute Gasteiger partial charge is 0.381 e. The van der Waals surface area contributed by atoms with E-state index < -0.39 is 23.5 Å². The van der Waals surface area contributed by atoms with Gasteiger partial charge in [0.15, 0.2) is 13.5 Å². The normalized spacial score (nSPS) is 16.7. The predicted molar refractivity (Wildman–Crippen MR) is 180 cm³/mol. The number of aliphatic hydroxyl groups is 4. The number of rotatable bonds is 10. The first-order chi connectivity index (χ1) is 22.3. The highest BCUT2D eigenvalue weighted by Gasteiger charge is 2.51. The minimum absolute atomic E-state index is 0.0194. The summed E-state index contributed by atoms with van der Waals surface area (Å²) in [4.78, 5) is 32.8. The molecule has 2 aliphatic rings. The van der Waals surface area contributed by atoms with Crippen molar-refractivity contribution in [3.8, 4) is 11.1 Å². The van der Waals surface area contributed by atoms with Gasteiger partial charge < -0.3 is 45.1 Å². The van der Waals surface area contributed by atoms with Crippen molar-refractivity contribution in [3.63, 3.8) is 0 Å². The van der Waals surface area contributed by atoms with Crippen LogP contribution in [-0.2, 0) is 22.6 Å². The van der Waals surface area contributed by atoms with Gasteiger partial charge in [-0.1, -0.05) is 24.3 Å². The molecule has 6 N–H and O–H groups in total. The number of ether oxygens (including phenoxy) is 2. The first kappa shape index (κ1) is 34.8. The Morgan fingerprint density at radius 3 is 2.23 bits per heavy atom. The van der Waals surface area contributed by atoms with E-state index in [4.69, 9.17) is 9.47 Å². The summed E-state index contributed by atoms with van der Waals surface area (Å²) in [6.45, 7) is 9.83. The number of amides is 1. The minimum atomic E-state index is -3.12. The quantitative estimate of drug-likeness (QED) is 0.136. The van der Waals surface area contributed by atoms with E-state index in [9.17, 15) is 30.0 Å². The Labute approximate surface area is 275 Å². The summed E-state index contributed by atoms with van der Waals surface area (Å²) in [7, 11) is 0.904. The Hall–Kier alpha value is -3.56. The summed E-state index contributed by atoms with van der Waals surface area (Å²) in [5, 5.41) is 46.7. The molecule has 5 rings (SSSR count). The van der Waals surface area contributed by atoms with E-state index in [0.29, 0.717) is 56.0 Å². The Bertz CT molecular complexity index is 1620. The zero-order chi connectivity index (χ0) is 33.9. The lowest BCUT2D eigenvalue weighted by molar-refractivity contribution is -0.317. The molecule has 1 amide bonds. The molecule has 0 radical (unpaired) electrons. The van der Waals surface area contributed by atoms with Crippen molar-refractivity contribution in [1.82, 2.24) is 15.2 Å². The van der Waals surface area contributed by atoms with Gasteiger partial charge >= 0.3 is 0 Å². The molecule has 0 aliphatic carbocycles. The third-order valence-corrected chi connectivity index (χ3v) is 9.13. The Kier molecular flexibility index (Phi) is 10.6. The molecule has 0 saturated carbocycles. The summed E-state index contributed by atoms with van der Waals surface area (Å²) in [6.07, 6.45) is 0.770. The number of hydrogen-bond donors (Lipinski definition) is 6. The van der Waals surface area contributed by atoms with Crippen LogP contribution in [0.15, 0.2) is 47.3 Å². The molecule has 13 heteroatoms. The van der Waals surface area contributed by atoms with Crippen LogP contribution in [0.25, 0.3) is 11.1 Å². The van der Waals surface area contributed by atoms with Crippen LogP contribution < -0.4 is 15.8 Å². The molecule has 2 aromatic carbocycles. The molecule has 3 heterocycles. The van der Waals surface area contributed by atoms with Crippen molar-refractivity contribution in [1.29, 1.82) is 0 Å². The van der Waals surface area contributed by atoms with Gasteiger partial charge in [0.25, 0.3) is 17.4 Å². The van der Waals surface area contributed by atoms with Gasteiger partial charge in [-0.15, -0.1) is 0 Å². The third-order valence-electron chi connectivity index (χ3n) is 9.13. The molecule has 2 fully saturated rings. The standard InChI is InChI=1S/C34H45BN4O8/c1-21-16-22(2)37-32(41)29(21)19-36-31(40)28-17-26(25-6-4-24(5-7-25)20-38-10-14-47-15-11-38)18-30(23(28)3)39(27-8-12-46-13-9-27)34(44,45)33(35,42)43/h4-7,16-18,27,42-45H,8-15,19-20,35H2,1-3H3,(H,36,40)(H,37,41). The van der Waals surface area contributed by atoms with E-state index in [-0.39, 0.29) is 23.4 Å². The first-order valence-corrected chi connectivity index (χ1v) is 16.0. The fourth-order valence-corrected chi connectivity index (χ4v) is 6.33. The second-order valence-electron chi connectivity index (χ2n) is 12.7. The molecule has 0 bridgehead atoms. The van der Waals surface area contributed by atoms with Crippen LogP contribution in [0.2, 0.25) is 0 Å². The summed E-state index contributed by atoms with van der Waals surface area (Å²) in [5.74, 6) is -3.60. The molecule has 3 aromatic rings. The van der Waals surface area contributed by atoms with Crippen LogP contribution in [0.4, 0.5) is 5.69 Å². The Balaban J connectivity index is 1.57. The summed E-state index contributed by atoms with van der Waals surface area (Å²) in [5.41, 5.74) is 2.06. The number of pyridine rings is 1. The molecule has 2 aliphatic heterocycles. The zero-order valence-corrected chi connectivity index (χ0v) is 27.5. The average molecular weight is 649 g/mol. The second-order valence-corrected chi connectivity index (χ2v) is 12.7. The number of carbonyl (C=O) groups excluding carboxylic acids is 1. The van der Waals surface area contributed by atoms with Crippen molar-refractivity contribution in [2.45, 2.75) is 64.3 Å². The molecule has 0 atom stereocenters. The number of nitrogens with zero attached hydrogens (tertiary/aromatic N) is 2. The molecule has 0 unspecified atom stereocenters. The van der Waals surface area contributed by atoms with E-state index in [1.165, 1.54) is 4.90 Å². The van der Waals surface area contributed by atoms with Crippen molar-refractivity contribution in [2.24, 2.45) is 0 Å². The monoisotopic (exact) mass is 648 g/mol. The summed E-state index contributed by atoms with van der Waals surface area (Å²) in [6, 6.07) is 12.7. The second kappa shape index (κ2) is 14.3. The van der Waals surface area contributed by atoms with Crippen molar-refractivity contribution in [3.05, 3.63) is 86.3 Å². The number of morpholine rings is 1. The maximum atomic E-state index is 13.9. The molecule has 2 saturated heterocycles. The average Bonchev–Trinajstić information content (AvgIpc) is 3.02. The maximum Gasteiger partial charge on any atom is 0.293 e. The highest BCUT2D eigenvalue weighted by Crippen LogP contribution is 2.39. The van der Waals surface area contributed by atoms with Gasteiger partial charge in [0.1, 0.15) is 0 Å². The van der Waals surface area contributed by atoms with Gasteiger partial charge in [0.05, 0.1) is 13.2 Å². The Morgan fingerprint density at radius 1 is 0.979 bits per heavy atom. The number of nitrogens with one attached hydrogen (secondary N) is 2. The molecular formula is C34H45BN4O8. The fourth-order valence-electron chi connectivity index (χ4n) is 6.33. The number of hydrogen-bond acceptors (Lipinski definition) is 10. The van der Waals surface area contributed by atoms with Gasteiger partial charge in [0.2, 0.25) is 0 Å². The fraction of sp³-hybridized carbons (Fsp3) is 0.471. The van der Waals surface area contributed by atoms with Crippen molar-refractivity contribution < 1.29 is 34.7 Å². The van der Waals surface area contributed by atoms with E-state index in [1.807, 2.05) is 37.3 Å². The zero-order valence-electron chi connectivity index (χ0n) is 27.5. The van der Waals surface area contributed by atoms with Crippen LogP contribution in [0.1, 0.15) is 51.1 Å². The van der Waals surface area contributed by atoms with Gasteiger partial charge in [-0.2, -0.15) is 0 Å². The SMILES string of the molecule is BC(O)(O)C(O)(O)N(c1cc(-c2ccc(CN3CCOCC3)cc2)cc(C(=O)NCc2c(C)cc(C)[nH]c2=O)c1C)C1CCOCC1. The van der Waals surface area contributed by atoms with E-state index >= 15 is 0 Å². The molecule has 0 spiro atoms. The first-order valence-electron chi connectivity index (χ1n) is 16.0. The van der Waals surface area contributed by atoms with E-state index in [1.54, 1.807) is 26.0 Å². The van der Waals surface area contributed by atoms with Crippen LogP contribution >= 0.6 is 0 Å². The van der Waals surface area contributed by atoms with Gasteiger partial charge in [-0.05, 0) is 79.6 Å². The van der Waals surface area contributed by atoms with Crippen LogP contribution in [0.3, 0.4) is 0 Å². The van der Waals surface area contributed by atoms with Crippen LogP contribution in [-0.4, -0.2) is 101 Å². The number of H-pyrrole nitrogens is 1. The lowest BCUT2D eigenvalue weighted by atomic mass is 9.87. The molecule has 1 aromatic heterocycles. The van der Waals surface area contributed by atoms with Gasteiger partial charge in [-0.25, -0.2) is 0 Å². The van der Waals surface area contributed by atoms with E-state index in [2.05, 4.69) is 15.2 Å². The predicted octanol–water partition coefficient (Wildman–Crippen LogP) is 0.625. The Morgan fingerprint density at radius 2 is 1.62 bits per heavy atom. The highest BCUT2D eigenvalue weighted by atomic mass is 16.6. The number of aryl methyl sites for hydroxylation is 2. The number of carbonyl (C=O) groups is 1. The highest BCUT2D eigenvalue weighted by molar-refractivity contribution is 6.14. The maximum absolute atomic E-state index is 13.9. The lowest BCUT2D eigenvalue weighted by Gasteiger charge is -2.48. The molecule has 47 heavy (non-hydrogen) atoms. The number of aromatic nitrogens is 1. The molecule has 252 valence electrons. The number of anilines is 1. The van der Waals surface area contributed by atoms with Crippen molar-refractivity contribution >= 4 is 19.4 Å². The number of aromatic amines is 1. The smallest absolute Gasteiger partial charge is 0.293 e. The van der Waals surface area contributed by atoms with Crippen LogP contribution in [0, 0.1) is 20.8 Å². The minimum Gasteiger partial charge on any atom is -0.381 e. The topological polar surface area (TPSA) is 168 Å². The summed E-state index contributed by atoms with van der Waals surface area (Å²) < 4.78 is 11.0. The van der Waals surface area contributed by atoms with Crippen LogP contribution in [0.5, 0.6) is 0 Å². The van der Waals surface area contributed by atoms with Gasteiger partial charge in [0, 0.05) is 67.9 Å². The lowest BCUT2D eigenvalue weighted by Crippen LogP contribution is -2.68. The molecule has 12 nitrogen and oxygen atoms in total. The van der Waals surface area contributed by atoms with Crippen molar-refractivity contribution in [2.75, 3.05) is 44.4 Å².